The Morgan fingerprint density at radius 1 is 1.36 bits per heavy atom. The fraction of sp³-hybridized carbons (Fsp3) is 0.929. The Labute approximate surface area is 133 Å². The molecular weight excluding hydrogens is 306 g/mol. The van der Waals surface area contributed by atoms with Crippen molar-refractivity contribution in [1.82, 2.24) is 14.5 Å². The standard InChI is InChI=1S/C14H27N3O4S/c1-4-22(19,20)15-9-12(2)17-7-5-14(6-8-17)11-16(3)13(18)10-21-14/h12,15H,4-11H2,1-3H3/t12-/m1/s1. The number of nitrogens with zero attached hydrogens (tertiary/aromatic N) is 2. The Hall–Kier alpha value is -0.700. The van der Waals surface area contributed by atoms with Gasteiger partial charge >= 0.3 is 0 Å². The van der Waals surface area contributed by atoms with Gasteiger partial charge in [0.2, 0.25) is 15.9 Å². The number of amides is 1. The molecule has 0 radical (unpaired) electrons. The number of likely N-dealkylation sites (tertiary alicyclic amines) is 1. The molecule has 1 spiro atoms. The largest absolute Gasteiger partial charge is 0.363 e. The second kappa shape index (κ2) is 6.82. The summed E-state index contributed by atoms with van der Waals surface area (Å²) in [4.78, 5) is 15.6. The molecule has 7 nitrogen and oxygen atoms in total. The molecule has 2 aliphatic rings. The van der Waals surface area contributed by atoms with Crippen LogP contribution < -0.4 is 4.72 Å². The van der Waals surface area contributed by atoms with E-state index in [0.29, 0.717) is 13.1 Å². The molecular formula is C14H27N3O4S. The number of hydrogen-bond donors (Lipinski definition) is 1. The highest BCUT2D eigenvalue weighted by Crippen LogP contribution is 2.30. The van der Waals surface area contributed by atoms with Crippen LogP contribution in [-0.4, -0.2) is 81.4 Å². The van der Waals surface area contributed by atoms with Gasteiger partial charge in [-0.1, -0.05) is 0 Å². The average Bonchev–Trinajstić information content (AvgIpc) is 2.50. The molecule has 8 heteroatoms. The first-order valence-corrected chi connectivity index (χ1v) is 9.51. The number of piperidine rings is 1. The molecule has 1 N–H and O–H groups in total. The van der Waals surface area contributed by atoms with E-state index in [2.05, 4.69) is 9.62 Å². The summed E-state index contributed by atoms with van der Waals surface area (Å²) >= 11 is 0. The minimum Gasteiger partial charge on any atom is -0.363 e. The van der Waals surface area contributed by atoms with Gasteiger partial charge in [-0.05, 0) is 26.7 Å². The lowest BCUT2D eigenvalue weighted by Crippen LogP contribution is -2.59. The second-order valence-corrected chi connectivity index (χ2v) is 8.45. The van der Waals surface area contributed by atoms with Crippen LogP contribution in [0.3, 0.4) is 0 Å². The van der Waals surface area contributed by atoms with E-state index in [-0.39, 0.29) is 29.9 Å². The smallest absolute Gasteiger partial charge is 0.248 e. The lowest BCUT2D eigenvalue weighted by Gasteiger charge is -2.47. The zero-order chi connectivity index (χ0) is 16.4. The van der Waals surface area contributed by atoms with Gasteiger partial charge in [0.1, 0.15) is 6.61 Å². The van der Waals surface area contributed by atoms with Crippen molar-refractivity contribution in [2.24, 2.45) is 0 Å². The first-order valence-electron chi connectivity index (χ1n) is 7.86. The lowest BCUT2D eigenvalue weighted by molar-refractivity contribution is -0.169. The molecule has 0 aromatic carbocycles. The van der Waals surface area contributed by atoms with E-state index in [4.69, 9.17) is 4.74 Å². The zero-order valence-corrected chi connectivity index (χ0v) is 14.5. The molecule has 2 fully saturated rings. The van der Waals surface area contributed by atoms with Gasteiger partial charge in [-0.25, -0.2) is 13.1 Å². The van der Waals surface area contributed by atoms with Crippen LogP contribution in [0, 0.1) is 0 Å². The van der Waals surface area contributed by atoms with Crippen LogP contribution in [0.5, 0.6) is 0 Å². The van der Waals surface area contributed by atoms with Gasteiger partial charge in [-0.15, -0.1) is 0 Å². The summed E-state index contributed by atoms with van der Waals surface area (Å²) in [6.45, 7) is 6.64. The number of hydrogen-bond acceptors (Lipinski definition) is 5. The summed E-state index contributed by atoms with van der Waals surface area (Å²) in [5, 5.41) is 0. The third kappa shape index (κ3) is 4.18. The van der Waals surface area contributed by atoms with Gasteiger partial charge in [-0.2, -0.15) is 0 Å². The highest BCUT2D eigenvalue weighted by atomic mass is 32.2. The third-order valence-corrected chi connectivity index (χ3v) is 6.13. The summed E-state index contributed by atoms with van der Waals surface area (Å²) < 4.78 is 31.5. The molecule has 2 aliphatic heterocycles. The highest BCUT2D eigenvalue weighted by Gasteiger charge is 2.41. The maximum absolute atomic E-state index is 11.5. The van der Waals surface area contributed by atoms with Crippen molar-refractivity contribution < 1.29 is 17.9 Å². The number of nitrogens with one attached hydrogen (secondary N) is 1. The van der Waals surface area contributed by atoms with Crippen LogP contribution in [0.25, 0.3) is 0 Å². The van der Waals surface area contributed by atoms with E-state index in [9.17, 15) is 13.2 Å². The van der Waals surface area contributed by atoms with Crippen LogP contribution in [0.2, 0.25) is 0 Å². The summed E-state index contributed by atoms with van der Waals surface area (Å²) in [5.74, 6) is 0.146. The predicted octanol–water partition coefficient (Wildman–Crippen LogP) is -0.363. The monoisotopic (exact) mass is 333 g/mol. The number of sulfonamides is 1. The van der Waals surface area contributed by atoms with E-state index >= 15 is 0 Å². The number of morpholine rings is 1. The summed E-state index contributed by atoms with van der Waals surface area (Å²) in [7, 11) is -1.32. The van der Waals surface area contributed by atoms with Crippen molar-refractivity contribution in [3.8, 4) is 0 Å². The molecule has 0 unspecified atom stereocenters. The summed E-state index contributed by atoms with van der Waals surface area (Å²) in [5.41, 5.74) is -0.220. The SMILES string of the molecule is CCS(=O)(=O)NC[C@@H](C)N1CCC2(CC1)CN(C)C(=O)CO2. The highest BCUT2D eigenvalue weighted by molar-refractivity contribution is 7.89. The van der Waals surface area contributed by atoms with Gasteiger partial charge in [0.05, 0.1) is 11.4 Å². The van der Waals surface area contributed by atoms with E-state index in [1.807, 2.05) is 14.0 Å². The van der Waals surface area contributed by atoms with Gasteiger partial charge in [0.15, 0.2) is 0 Å². The fourth-order valence-corrected chi connectivity index (χ4v) is 3.74. The first kappa shape index (κ1) is 17.7. The van der Waals surface area contributed by atoms with Gasteiger partial charge < -0.3 is 9.64 Å². The van der Waals surface area contributed by atoms with Crippen LogP contribution in [0.15, 0.2) is 0 Å². The lowest BCUT2D eigenvalue weighted by atomic mass is 9.89. The molecule has 128 valence electrons. The minimum absolute atomic E-state index is 0.0374. The van der Waals surface area contributed by atoms with E-state index in [1.165, 1.54) is 0 Å². The van der Waals surface area contributed by atoms with Crippen LogP contribution >= 0.6 is 0 Å². The molecule has 1 amide bonds. The van der Waals surface area contributed by atoms with Crippen molar-refractivity contribution in [3.05, 3.63) is 0 Å². The number of rotatable bonds is 5. The zero-order valence-electron chi connectivity index (χ0n) is 13.7. The Kier molecular flexibility index (Phi) is 5.47. The van der Waals surface area contributed by atoms with Gasteiger partial charge in [0, 0.05) is 39.3 Å². The maximum atomic E-state index is 11.5. The quantitative estimate of drug-likeness (QED) is 0.743. The fourth-order valence-electron chi connectivity index (χ4n) is 3.04. The first-order chi connectivity index (χ1) is 10.3. The normalized spacial score (nSPS) is 24.7. The number of carbonyl (C=O) groups is 1. The third-order valence-electron chi connectivity index (χ3n) is 4.76. The van der Waals surface area contributed by atoms with Crippen molar-refractivity contribution in [3.63, 3.8) is 0 Å². The molecule has 2 saturated heterocycles. The average molecular weight is 333 g/mol. The molecule has 0 saturated carbocycles. The minimum atomic E-state index is -3.14. The molecule has 2 heterocycles. The van der Waals surface area contributed by atoms with Crippen LogP contribution in [0.1, 0.15) is 26.7 Å². The summed E-state index contributed by atoms with van der Waals surface area (Å²) in [6, 6.07) is 0.154. The number of carbonyl (C=O) groups excluding carboxylic acids is 1. The number of likely N-dealkylation sites (N-methyl/N-ethyl adjacent to an activating group) is 1. The Balaban J connectivity index is 1.83. The van der Waals surface area contributed by atoms with E-state index in [1.54, 1.807) is 11.8 Å². The van der Waals surface area contributed by atoms with E-state index < -0.39 is 10.0 Å². The van der Waals surface area contributed by atoms with Crippen LogP contribution in [0.4, 0.5) is 0 Å². The van der Waals surface area contributed by atoms with Gasteiger partial charge in [0.25, 0.3) is 0 Å². The topological polar surface area (TPSA) is 79.0 Å². The van der Waals surface area contributed by atoms with Crippen molar-refractivity contribution in [1.29, 1.82) is 0 Å². The molecule has 0 aromatic heterocycles. The van der Waals surface area contributed by atoms with Crippen LogP contribution in [-0.2, 0) is 19.6 Å². The summed E-state index contributed by atoms with van der Waals surface area (Å²) in [6.07, 6.45) is 1.74. The van der Waals surface area contributed by atoms with E-state index in [0.717, 1.165) is 25.9 Å². The number of ether oxygens (including phenoxy) is 1. The molecule has 22 heavy (non-hydrogen) atoms. The Bertz CT molecular complexity index is 500. The molecule has 0 aromatic rings. The Morgan fingerprint density at radius 2 is 2.00 bits per heavy atom. The van der Waals surface area contributed by atoms with Crippen molar-refractivity contribution in [2.45, 2.75) is 38.3 Å². The maximum Gasteiger partial charge on any atom is 0.248 e. The van der Waals surface area contributed by atoms with Gasteiger partial charge in [-0.3, -0.25) is 9.69 Å². The molecule has 0 aliphatic carbocycles. The Morgan fingerprint density at radius 3 is 2.55 bits per heavy atom. The molecule has 2 rings (SSSR count). The van der Waals surface area contributed by atoms with Crippen molar-refractivity contribution >= 4 is 15.9 Å². The molecule has 0 bridgehead atoms. The molecule has 1 atom stereocenters. The predicted molar refractivity (Wildman–Crippen MR) is 84.1 cm³/mol. The second-order valence-electron chi connectivity index (χ2n) is 6.36. The van der Waals surface area contributed by atoms with Crippen molar-refractivity contribution in [2.75, 3.05) is 45.6 Å².